The Morgan fingerprint density at radius 1 is 1.12 bits per heavy atom. The van der Waals surface area contributed by atoms with Gasteiger partial charge in [-0.25, -0.2) is 12.5 Å². The predicted molar refractivity (Wildman–Crippen MR) is 72.0 cm³/mol. The molecule has 0 spiro atoms. The van der Waals surface area contributed by atoms with Crippen LogP contribution in [0.25, 0.3) is 0 Å². The molecule has 0 bridgehead atoms. The maximum atomic E-state index is 12.4. The van der Waals surface area contributed by atoms with E-state index in [0.29, 0.717) is 24.2 Å². The summed E-state index contributed by atoms with van der Waals surface area (Å²) in [6, 6.07) is 0. The van der Waals surface area contributed by atoms with E-state index in [9.17, 15) is 9.13 Å². The van der Waals surface area contributed by atoms with Crippen molar-refractivity contribution in [3.05, 3.63) is 0 Å². The first-order chi connectivity index (χ1) is 7.39. The molecule has 0 N–H and O–H groups in total. The van der Waals surface area contributed by atoms with E-state index in [1.807, 2.05) is 27.7 Å². The zero-order valence-electron chi connectivity index (χ0n) is 9.91. The van der Waals surface area contributed by atoms with Crippen LogP contribution in [-0.4, -0.2) is 12.3 Å². The van der Waals surface area contributed by atoms with E-state index < -0.39 is 16.1 Å². The minimum absolute atomic E-state index is 0.328. The fourth-order valence-electron chi connectivity index (χ4n) is 1.34. The third-order valence-corrected chi connectivity index (χ3v) is 7.25. The van der Waals surface area contributed by atoms with Crippen molar-refractivity contribution in [3.63, 3.8) is 0 Å². The summed E-state index contributed by atoms with van der Waals surface area (Å²) in [5, 5.41) is 0. The quantitative estimate of drug-likeness (QED) is 0.258. The summed E-state index contributed by atoms with van der Waals surface area (Å²) in [5.74, 6) is 0.655. The van der Waals surface area contributed by atoms with Gasteiger partial charge in [0.05, 0.1) is 0 Å². The van der Waals surface area contributed by atoms with Crippen molar-refractivity contribution in [2.75, 3.05) is 12.3 Å². The molecule has 0 aliphatic rings. The zero-order valence-corrected chi connectivity index (χ0v) is 13.3. The fourth-order valence-corrected chi connectivity index (χ4v) is 6.61. The highest BCUT2D eigenvalue weighted by Crippen LogP contribution is 2.55. The first-order valence-corrected chi connectivity index (χ1v) is 9.71. The van der Waals surface area contributed by atoms with Gasteiger partial charge in [-0.15, -0.1) is 0 Å². The van der Waals surface area contributed by atoms with Crippen LogP contribution in [0.4, 0.5) is 0 Å². The Morgan fingerprint density at radius 3 is 2.00 bits per heavy atom. The molecule has 0 aliphatic carbocycles. The molecule has 0 atom stereocenters. The number of hydrogen-bond donors (Lipinski definition) is 0. The van der Waals surface area contributed by atoms with E-state index in [1.54, 1.807) is 0 Å². The highest BCUT2D eigenvalue weighted by Gasteiger charge is 2.26. The van der Waals surface area contributed by atoms with Crippen LogP contribution in [0.2, 0.25) is 0 Å². The van der Waals surface area contributed by atoms with Gasteiger partial charge in [0.1, 0.15) is 22.1 Å². The van der Waals surface area contributed by atoms with E-state index in [4.69, 9.17) is 3.97 Å². The number of hydrogen-bond acceptors (Lipinski definition) is 6. The van der Waals surface area contributed by atoms with Crippen molar-refractivity contribution in [3.8, 4) is 0 Å². The van der Waals surface area contributed by atoms with Crippen LogP contribution in [0, 0.1) is 11.8 Å². The minimum atomic E-state index is -2.61. The Labute approximate surface area is 107 Å². The topological polar surface area (TPSA) is 52.6 Å². The molecular formula is C8H18O4P2S2. The van der Waals surface area contributed by atoms with Gasteiger partial charge < -0.3 is 0 Å². The molecule has 4 nitrogen and oxygen atoms in total. The van der Waals surface area contributed by atoms with Crippen molar-refractivity contribution in [2.24, 2.45) is 11.8 Å². The molecule has 0 fully saturated rings. The second-order valence-corrected chi connectivity index (χ2v) is 9.12. The second kappa shape index (κ2) is 8.96. The Kier molecular flexibility index (Phi) is 9.49. The normalized spacial score (nSPS) is 12.9. The first-order valence-electron chi connectivity index (χ1n) is 4.99. The van der Waals surface area contributed by atoms with Gasteiger partial charge in [0.25, 0.3) is 0 Å². The Bertz CT molecular complexity index is 234. The first kappa shape index (κ1) is 16.9. The lowest BCUT2D eigenvalue weighted by molar-refractivity contribution is 0.492. The molecule has 0 aromatic heterocycles. The molecule has 0 saturated heterocycles. The average molecular weight is 304 g/mol. The molecule has 0 aromatic rings. The van der Waals surface area contributed by atoms with Crippen LogP contribution in [0.5, 0.6) is 0 Å². The third kappa shape index (κ3) is 9.03. The monoisotopic (exact) mass is 304 g/mol. The second-order valence-electron chi connectivity index (χ2n) is 4.33. The van der Waals surface area contributed by atoms with Crippen LogP contribution in [0.1, 0.15) is 27.7 Å². The van der Waals surface area contributed by atoms with Crippen LogP contribution < -0.4 is 0 Å². The van der Waals surface area contributed by atoms with Gasteiger partial charge in [0, 0.05) is 12.3 Å². The van der Waals surface area contributed by atoms with Crippen molar-refractivity contribution < 1.29 is 17.1 Å². The SMILES string of the molecule is CC(C)CP(=O)(CC(C)C)OSSOP=O. The Morgan fingerprint density at radius 2 is 1.62 bits per heavy atom. The van der Waals surface area contributed by atoms with Crippen molar-refractivity contribution in [2.45, 2.75) is 27.7 Å². The molecular weight excluding hydrogens is 286 g/mol. The summed E-state index contributed by atoms with van der Waals surface area (Å²) >= 11 is 1.72. The Balaban J connectivity index is 4.19. The largest absolute Gasteiger partial charge is 0.340 e. The lowest BCUT2D eigenvalue weighted by Crippen LogP contribution is -2.06. The van der Waals surface area contributed by atoms with Crippen LogP contribution in [-0.2, 0) is 17.1 Å². The summed E-state index contributed by atoms with van der Waals surface area (Å²) in [6.07, 6.45) is 1.13. The molecule has 0 heterocycles. The lowest BCUT2D eigenvalue weighted by atomic mass is 10.3. The van der Waals surface area contributed by atoms with Gasteiger partial charge >= 0.3 is 8.69 Å². The van der Waals surface area contributed by atoms with Gasteiger partial charge in [0.15, 0.2) is 0 Å². The molecule has 0 aromatic carbocycles. The minimum Gasteiger partial charge on any atom is -0.292 e. The molecule has 0 radical (unpaired) electrons. The Hall–Kier alpha value is 0.950. The van der Waals surface area contributed by atoms with Crippen LogP contribution in [0.15, 0.2) is 0 Å². The molecule has 0 amide bonds. The summed E-state index contributed by atoms with van der Waals surface area (Å²) < 4.78 is 32.2. The smallest absolute Gasteiger partial charge is 0.292 e. The average Bonchev–Trinajstić information content (AvgIpc) is 2.09. The molecule has 0 unspecified atom stereocenters. The van der Waals surface area contributed by atoms with Crippen molar-refractivity contribution in [1.82, 2.24) is 0 Å². The summed E-state index contributed by atoms with van der Waals surface area (Å²) in [5.41, 5.74) is 0. The van der Waals surface area contributed by atoms with Gasteiger partial charge in [-0.2, -0.15) is 0 Å². The maximum Gasteiger partial charge on any atom is 0.340 e. The van der Waals surface area contributed by atoms with Gasteiger partial charge in [0.2, 0.25) is 7.37 Å². The molecule has 0 aliphatic heterocycles. The van der Waals surface area contributed by atoms with Crippen LogP contribution >= 0.6 is 38.2 Å². The summed E-state index contributed by atoms with van der Waals surface area (Å²) in [6.45, 7) is 8.06. The van der Waals surface area contributed by atoms with Gasteiger partial charge in [-0.1, -0.05) is 27.7 Å². The van der Waals surface area contributed by atoms with Gasteiger partial charge in [-0.3, -0.25) is 4.57 Å². The van der Waals surface area contributed by atoms with Crippen molar-refractivity contribution >= 4 is 38.2 Å². The zero-order chi connectivity index (χ0) is 12.6. The van der Waals surface area contributed by atoms with E-state index in [0.717, 1.165) is 22.1 Å². The molecule has 8 heteroatoms. The van der Waals surface area contributed by atoms with E-state index in [1.165, 1.54) is 0 Å². The number of rotatable bonds is 9. The highest BCUT2D eigenvalue weighted by molar-refractivity contribution is 8.73. The lowest BCUT2D eigenvalue weighted by Gasteiger charge is -2.20. The molecule has 0 rings (SSSR count). The predicted octanol–water partition coefficient (Wildman–Crippen LogP) is 5.03. The molecule has 0 saturated carbocycles. The van der Waals surface area contributed by atoms with E-state index in [-0.39, 0.29) is 0 Å². The third-order valence-electron chi connectivity index (χ3n) is 1.54. The molecule has 16 heavy (non-hydrogen) atoms. The summed E-state index contributed by atoms with van der Waals surface area (Å²) in [4.78, 5) is 0. The standard InChI is InChI=1S/C8H18O4P2S2/c1-7(2)5-14(10,6-8(3)4)12-16-15-11-13-9/h7-8H,5-6H2,1-4H3. The van der Waals surface area contributed by atoms with Crippen LogP contribution in [0.3, 0.4) is 0 Å². The molecule has 96 valence electrons. The maximum absolute atomic E-state index is 12.4. The van der Waals surface area contributed by atoms with E-state index in [2.05, 4.69) is 3.97 Å². The van der Waals surface area contributed by atoms with E-state index >= 15 is 0 Å². The fraction of sp³-hybridized carbons (Fsp3) is 1.00. The van der Waals surface area contributed by atoms with Gasteiger partial charge in [-0.05, 0) is 11.8 Å². The van der Waals surface area contributed by atoms with Crippen molar-refractivity contribution in [1.29, 1.82) is 0 Å². The summed E-state index contributed by atoms with van der Waals surface area (Å²) in [7, 11) is -3.03. The highest BCUT2D eigenvalue weighted by atomic mass is 33.1.